The van der Waals surface area contributed by atoms with Crippen molar-refractivity contribution in [3.63, 3.8) is 0 Å². The Hall–Kier alpha value is -4.52. The standard InChI is InChI=1S/C30H35FN6O6/c1-7-41-28(38)25-20-15-19(36-10-12-37(13-11-36)29(39)43-30(2,3)4)8-9-22(20)32-27(33-25)21-14-18-16-35(5)34-24(18)23(31)26(21)42-17-40-6/h8-9,14-16H,7,10-13,17H2,1-6H3. The van der Waals surface area contributed by atoms with Gasteiger partial charge in [-0.1, -0.05) is 0 Å². The Morgan fingerprint density at radius 2 is 1.81 bits per heavy atom. The molecule has 5 rings (SSSR count). The van der Waals surface area contributed by atoms with Gasteiger partial charge in [-0.2, -0.15) is 5.10 Å². The van der Waals surface area contributed by atoms with Gasteiger partial charge in [0.15, 0.2) is 29.9 Å². The van der Waals surface area contributed by atoms with E-state index in [1.807, 2.05) is 32.9 Å². The highest BCUT2D eigenvalue weighted by atomic mass is 19.1. The second-order valence-corrected chi connectivity index (χ2v) is 11.1. The van der Waals surface area contributed by atoms with Gasteiger partial charge in [0, 0.05) is 63.0 Å². The maximum atomic E-state index is 15.6. The fourth-order valence-corrected chi connectivity index (χ4v) is 4.92. The second kappa shape index (κ2) is 12.0. The number of nitrogens with zero attached hydrogens (tertiary/aromatic N) is 6. The zero-order valence-electron chi connectivity index (χ0n) is 25.1. The first-order valence-electron chi connectivity index (χ1n) is 14.0. The largest absolute Gasteiger partial charge is 0.464 e. The monoisotopic (exact) mass is 594 g/mol. The van der Waals surface area contributed by atoms with Crippen LogP contribution in [-0.2, 0) is 21.3 Å². The van der Waals surface area contributed by atoms with Crippen LogP contribution in [0.4, 0.5) is 14.9 Å². The van der Waals surface area contributed by atoms with E-state index in [9.17, 15) is 9.59 Å². The third-order valence-electron chi connectivity index (χ3n) is 6.82. The molecule has 0 unspecified atom stereocenters. The normalized spacial score (nSPS) is 13.9. The molecular formula is C30H35FN6O6. The van der Waals surface area contributed by atoms with Crippen molar-refractivity contribution in [3.8, 4) is 17.1 Å². The number of piperazine rings is 1. The summed E-state index contributed by atoms with van der Waals surface area (Å²) in [5.41, 5.74) is 1.14. The first-order chi connectivity index (χ1) is 20.5. The fraction of sp³-hybridized carbons (Fsp3) is 0.433. The van der Waals surface area contributed by atoms with Crippen molar-refractivity contribution >= 4 is 39.6 Å². The molecule has 228 valence electrons. The van der Waals surface area contributed by atoms with E-state index in [1.54, 1.807) is 37.2 Å². The van der Waals surface area contributed by atoms with Crippen LogP contribution in [0.1, 0.15) is 38.2 Å². The van der Waals surface area contributed by atoms with Crippen LogP contribution in [0.25, 0.3) is 33.2 Å². The van der Waals surface area contributed by atoms with Gasteiger partial charge in [-0.05, 0) is 52.0 Å². The lowest BCUT2D eigenvalue weighted by Gasteiger charge is -2.36. The van der Waals surface area contributed by atoms with E-state index >= 15 is 4.39 Å². The van der Waals surface area contributed by atoms with Gasteiger partial charge >= 0.3 is 12.1 Å². The minimum atomic E-state index is -0.688. The summed E-state index contributed by atoms with van der Waals surface area (Å²) >= 11 is 0. The number of rotatable bonds is 7. The van der Waals surface area contributed by atoms with Crippen LogP contribution in [0.2, 0.25) is 0 Å². The molecule has 0 spiro atoms. The number of fused-ring (bicyclic) bond motifs is 2. The van der Waals surface area contributed by atoms with E-state index in [-0.39, 0.29) is 47.8 Å². The molecular weight excluding hydrogens is 559 g/mol. The predicted molar refractivity (Wildman–Crippen MR) is 158 cm³/mol. The first-order valence-corrected chi connectivity index (χ1v) is 14.0. The molecule has 12 nitrogen and oxygen atoms in total. The summed E-state index contributed by atoms with van der Waals surface area (Å²) in [4.78, 5) is 38.8. The van der Waals surface area contributed by atoms with Crippen LogP contribution >= 0.6 is 0 Å². The van der Waals surface area contributed by atoms with Crippen molar-refractivity contribution in [3.05, 3.63) is 42.0 Å². The van der Waals surface area contributed by atoms with Crippen molar-refractivity contribution in [2.45, 2.75) is 33.3 Å². The van der Waals surface area contributed by atoms with Crippen molar-refractivity contribution in [2.24, 2.45) is 7.05 Å². The van der Waals surface area contributed by atoms with E-state index in [4.69, 9.17) is 23.9 Å². The van der Waals surface area contributed by atoms with Gasteiger partial charge in [-0.15, -0.1) is 0 Å². The number of halogens is 1. The highest BCUT2D eigenvalue weighted by Gasteiger charge is 2.27. The number of carbonyl (C=O) groups excluding carboxylic acids is 2. The molecule has 0 aliphatic carbocycles. The summed E-state index contributed by atoms with van der Waals surface area (Å²) in [6, 6.07) is 7.19. The number of methoxy groups -OCH3 is 1. The van der Waals surface area contributed by atoms with Crippen LogP contribution in [-0.4, -0.2) is 89.0 Å². The topological polar surface area (TPSA) is 121 Å². The van der Waals surface area contributed by atoms with Crippen molar-refractivity contribution in [2.75, 3.05) is 51.6 Å². The number of esters is 1. The molecule has 0 atom stereocenters. The van der Waals surface area contributed by atoms with E-state index < -0.39 is 17.4 Å². The summed E-state index contributed by atoms with van der Waals surface area (Å²) < 4.78 is 38.6. The number of amides is 1. The Kier molecular flexibility index (Phi) is 8.36. The zero-order chi connectivity index (χ0) is 30.9. The summed E-state index contributed by atoms with van der Waals surface area (Å²) in [5.74, 6) is -1.37. The van der Waals surface area contributed by atoms with E-state index in [1.165, 1.54) is 11.8 Å². The smallest absolute Gasteiger partial charge is 0.410 e. The zero-order valence-corrected chi connectivity index (χ0v) is 25.1. The van der Waals surface area contributed by atoms with E-state index in [0.717, 1.165) is 5.69 Å². The molecule has 43 heavy (non-hydrogen) atoms. The van der Waals surface area contributed by atoms with Gasteiger partial charge in [-0.3, -0.25) is 4.68 Å². The van der Waals surface area contributed by atoms with Crippen LogP contribution in [0.5, 0.6) is 5.75 Å². The molecule has 1 aliphatic rings. The first kappa shape index (κ1) is 30.0. The van der Waals surface area contributed by atoms with Gasteiger partial charge < -0.3 is 28.7 Å². The number of carbonyl (C=O) groups is 2. The molecule has 0 radical (unpaired) electrons. The Bertz CT molecular complexity index is 1680. The van der Waals surface area contributed by atoms with Crippen LogP contribution < -0.4 is 9.64 Å². The number of ether oxygens (including phenoxy) is 4. The Morgan fingerprint density at radius 1 is 1.07 bits per heavy atom. The Balaban J connectivity index is 1.54. The summed E-state index contributed by atoms with van der Waals surface area (Å²) in [6.07, 6.45) is 1.33. The lowest BCUT2D eigenvalue weighted by Crippen LogP contribution is -2.50. The molecule has 2 aromatic carbocycles. The van der Waals surface area contributed by atoms with Crippen LogP contribution in [0.15, 0.2) is 30.5 Å². The Labute approximate surface area is 248 Å². The second-order valence-electron chi connectivity index (χ2n) is 11.1. The minimum absolute atomic E-state index is 0.0421. The van der Waals surface area contributed by atoms with E-state index in [2.05, 4.69) is 15.0 Å². The van der Waals surface area contributed by atoms with Crippen molar-refractivity contribution < 1.29 is 32.9 Å². The summed E-state index contributed by atoms with van der Waals surface area (Å²) in [6.45, 7) is 9.27. The number of anilines is 1. The van der Waals surface area contributed by atoms with Crippen LogP contribution in [0, 0.1) is 5.82 Å². The van der Waals surface area contributed by atoms with Gasteiger partial charge in [0.1, 0.15) is 11.1 Å². The summed E-state index contributed by atoms with van der Waals surface area (Å²) in [7, 11) is 3.12. The molecule has 1 amide bonds. The maximum Gasteiger partial charge on any atom is 0.410 e. The molecule has 3 heterocycles. The average Bonchev–Trinajstić information content (AvgIpc) is 3.35. The quantitative estimate of drug-likeness (QED) is 0.223. The highest BCUT2D eigenvalue weighted by Crippen LogP contribution is 2.37. The third-order valence-corrected chi connectivity index (χ3v) is 6.82. The molecule has 0 bridgehead atoms. The van der Waals surface area contributed by atoms with Gasteiger partial charge in [0.2, 0.25) is 0 Å². The van der Waals surface area contributed by atoms with E-state index in [0.29, 0.717) is 42.5 Å². The molecule has 4 aromatic rings. The van der Waals surface area contributed by atoms with Gasteiger partial charge in [0.05, 0.1) is 17.7 Å². The SMILES string of the molecule is CCOC(=O)c1nc(-c2cc3cn(C)nc3c(F)c2OCOC)nc2ccc(N3CCN(C(=O)OC(C)(C)C)CC3)cc12. The lowest BCUT2D eigenvalue weighted by atomic mass is 10.1. The summed E-state index contributed by atoms with van der Waals surface area (Å²) in [5, 5.41) is 5.19. The molecule has 0 saturated carbocycles. The molecule has 1 saturated heterocycles. The molecule has 0 N–H and O–H groups in total. The lowest BCUT2D eigenvalue weighted by molar-refractivity contribution is 0.0240. The van der Waals surface area contributed by atoms with Crippen molar-refractivity contribution in [1.82, 2.24) is 24.6 Å². The molecule has 1 aliphatic heterocycles. The maximum absolute atomic E-state index is 15.6. The third kappa shape index (κ3) is 6.31. The average molecular weight is 595 g/mol. The number of aromatic nitrogens is 4. The number of hydrogen-bond donors (Lipinski definition) is 0. The minimum Gasteiger partial charge on any atom is -0.464 e. The molecule has 2 aromatic heterocycles. The number of benzene rings is 2. The predicted octanol–water partition coefficient (Wildman–Crippen LogP) is 4.54. The fourth-order valence-electron chi connectivity index (χ4n) is 4.92. The van der Waals surface area contributed by atoms with Gasteiger partial charge in [0.25, 0.3) is 0 Å². The van der Waals surface area contributed by atoms with Gasteiger partial charge in [-0.25, -0.2) is 23.9 Å². The van der Waals surface area contributed by atoms with Crippen LogP contribution in [0.3, 0.4) is 0 Å². The highest BCUT2D eigenvalue weighted by molar-refractivity contribution is 6.03. The number of aryl methyl sites for hydroxylation is 1. The van der Waals surface area contributed by atoms with Crippen molar-refractivity contribution in [1.29, 1.82) is 0 Å². The molecule has 13 heteroatoms. The number of hydrogen-bond acceptors (Lipinski definition) is 10. The Morgan fingerprint density at radius 3 is 2.49 bits per heavy atom. The molecule has 1 fully saturated rings.